The van der Waals surface area contributed by atoms with E-state index in [9.17, 15) is 14.4 Å². The average molecular weight is 351 g/mol. The molecule has 0 spiro atoms. The van der Waals surface area contributed by atoms with Crippen molar-refractivity contribution in [3.63, 3.8) is 0 Å². The van der Waals surface area contributed by atoms with Gasteiger partial charge in [-0.15, -0.1) is 0 Å². The summed E-state index contributed by atoms with van der Waals surface area (Å²) in [6.45, 7) is 1.39. The van der Waals surface area contributed by atoms with Gasteiger partial charge in [-0.3, -0.25) is 9.59 Å². The lowest BCUT2D eigenvalue weighted by Gasteiger charge is -2.08. The lowest BCUT2D eigenvalue weighted by Crippen LogP contribution is -2.15. The zero-order chi connectivity index (χ0) is 15.6. The molecule has 0 aliphatic rings. The molecule has 1 aromatic heterocycles. The number of carbonyl (C=O) groups is 3. The number of carboxylic acids is 1. The molecule has 1 amide bonds. The Bertz CT molecular complexity index is 736. The summed E-state index contributed by atoms with van der Waals surface area (Å²) in [5.74, 6) is -1.84. The van der Waals surface area contributed by atoms with Gasteiger partial charge >= 0.3 is 5.97 Å². The van der Waals surface area contributed by atoms with Crippen molar-refractivity contribution in [3.05, 3.63) is 51.8 Å². The van der Waals surface area contributed by atoms with Gasteiger partial charge in [0.2, 0.25) is 0 Å². The molecule has 7 heteroatoms. The summed E-state index contributed by atoms with van der Waals surface area (Å²) in [4.78, 5) is 37.1. The van der Waals surface area contributed by atoms with Gasteiger partial charge in [0, 0.05) is 16.2 Å². The fourth-order valence-corrected chi connectivity index (χ4v) is 2.08. The second kappa shape index (κ2) is 5.92. The van der Waals surface area contributed by atoms with Gasteiger partial charge in [-0.05, 0) is 31.2 Å². The maximum atomic E-state index is 12.1. The fourth-order valence-electron chi connectivity index (χ4n) is 1.72. The van der Waals surface area contributed by atoms with Gasteiger partial charge in [-0.25, -0.2) is 4.79 Å². The van der Waals surface area contributed by atoms with E-state index in [0.29, 0.717) is 10.0 Å². The van der Waals surface area contributed by atoms with Gasteiger partial charge in [-0.2, -0.15) is 0 Å². The van der Waals surface area contributed by atoms with Gasteiger partial charge in [0.25, 0.3) is 5.91 Å². The number of rotatable bonds is 4. The summed E-state index contributed by atoms with van der Waals surface area (Å²) < 4.78 is 0.594. The van der Waals surface area contributed by atoms with Crippen molar-refractivity contribution in [1.82, 2.24) is 4.98 Å². The number of H-pyrrole nitrogens is 1. The summed E-state index contributed by atoms with van der Waals surface area (Å²) >= 11 is 3.18. The number of Topliss-reactive ketones (excluding diaryl/α,β-unsaturated/α-hetero) is 1. The highest BCUT2D eigenvalue weighted by molar-refractivity contribution is 9.10. The van der Waals surface area contributed by atoms with E-state index in [-0.39, 0.29) is 22.7 Å². The van der Waals surface area contributed by atoms with Gasteiger partial charge in [0.05, 0.1) is 11.3 Å². The Morgan fingerprint density at radius 2 is 1.95 bits per heavy atom. The summed E-state index contributed by atoms with van der Waals surface area (Å²) in [6.07, 6.45) is 1.43. The molecule has 21 heavy (non-hydrogen) atoms. The molecular weight excluding hydrogens is 340 g/mol. The third-order valence-electron chi connectivity index (χ3n) is 2.79. The highest BCUT2D eigenvalue weighted by Crippen LogP contribution is 2.21. The van der Waals surface area contributed by atoms with E-state index in [1.165, 1.54) is 31.3 Å². The van der Waals surface area contributed by atoms with E-state index < -0.39 is 11.9 Å². The molecule has 0 aliphatic heterocycles. The minimum absolute atomic E-state index is 0.0314. The van der Waals surface area contributed by atoms with Crippen LogP contribution in [0.25, 0.3) is 0 Å². The highest BCUT2D eigenvalue weighted by Gasteiger charge is 2.15. The van der Waals surface area contributed by atoms with E-state index >= 15 is 0 Å². The molecule has 2 rings (SSSR count). The van der Waals surface area contributed by atoms with Crippen molar-refractivity contribution < 1.29 is 19.5 Å². The number of aromatic amines is 1. The first-order valence-corrected chi connectivity index (χ1v) is 6.71. The second-order valence-electron chi connectivity index (χ2n) is 4.31. The molecule has 0 saturated heterocycles. The SMILES string of the molecule is CC(=O)c1c[nH]c(C(=O)Nc2ccc(Br)cc2C(=O)O)c1. The largest absolute Gasteiger partial charge is 0.478 e. The lowest BCUT2D eigenvalue weighted by atomic mass is 10.1. The van der Waals surface area contributed by atoms with Gasteiger partial charge in [0.15, 0.2) is 5.78 Å². The number of aromatic nitrogens is 1. The van der Waals surface area contributed by atoms with Crippen LogP contribution in [-0.4, -0.2) is 27.8 Å². The van der Waals surface area contributed by atoms with Gasteiger partial charge in [-0.1, -0.05) is 15.9 Å². The highest BCUT2D eigenvalue weighted by atomic mass is 79.9. The first kappa shape index (κ1) is 15.0. The van der Waals surface area contributed by atoms with Crippen LogP contribution < -0.4 is 5.32 Å². The van der Waals surface area contributed by atoms with Crippen molar-refractivity contribution in [3.8, 4) is 0 Å². The predicted octanol–water partition coefficient (Wildman–Crippen LogP) is 2.93. The van der Waals surface area contributed by atoms with E-state index in [1.807, 2.05) is 0 Å². The number of nitrogens with one attached hydrogen (secondary N) is 2. The monoisotopic (exact) mass is 350 g/mol. The van der Waals surface area contributed by atoms with E-state index in [2.05, 4.69) is 26.2 Å². The standard InChI is InChI=1S/C14H11BrN2O4/c1-7(18)8-4-12(16-6-8)13(19)17-11-3-2-9(15)5-10(11)14(20)21/h2-6,16H,1H3,(H,17,19)(H,20,21). The Labute approximate surface area is 128 Å². The summed E-state index contributed by atoms with van der Waals surface area (Å²) in [6, 6.07) is 5.92. The molecule has 2 aromatic rings. The smallest absolute Gasteiger partial charge is 0.337 e. The van der Waals surface area contributed by atoms with Gasteiger partial charge < -0.3 is 15.4 Å². The van der Waals surface area contributed by atoms with Gasteiger partial charge in [0.1, 0.15) is 5.69 Å². The molecule has 3 N–H and O–H groups in total. The van der Waals surface area contributed by atoms with E-state index in [4.69, 9.17) is 5.11 Å². The predicted molar refractivity (Wildman–Crippen MR) is 79.9 cm³/mol. The third-order valence-corrected chi connectivity index (χ3v) is 3.29. The molecule has 0 unspecified atom stereocenters. The van der Waals surface area contributed by atoms with Crippen molar-refractivity contribution in [2.45, 2.75) is 6.92 Å². The molecular formula is C14H11BrN2O4. The molecule has 0 bridgehead atoms. The Morgan fingerprint density at radius 3 is 2.52 bits per heavy atom. The lowest BCUT2D eigenvalue weighted by molar-refractivity contribution is 0.0697. The fraction of sp³-hybridized carbons (Fsp3) is 0.0714. The molecule has 0 aliphatic carbocycles. The summed E-state index contributed by atoms with van der Waals surface area (Å²) in [5, 5.41) is 11.6. The first-order valence-electron chi connectivity index (χ1n) is 5.92. The maximum absolute atomic E-state index is 12.1. The minimum atomic E-state index is -1.15. The molecule has 1 heterocycles. The summed E-state index contributed by atoms with van der Waals surface area (Å²) in [7, 11) is 0. The number of carbonyl (C=O) groups excluding carboxylic acids is 2. The Balaban J connectivity index is 2.27. The van der Waals surface area contributed by atoms with Crippen molar-refractivity contribution in [2.24, 2.45) is 0 Å². The van der Waals surface area contributed by atoms with Crippen LogP contribution >= 0.6 is 15.9 Å². The molecule has 0 atom stereocenters. The topological polar surface area (TPSA) is 99.3 Å². The molecule has 0 radical (unpaired) electrons. The number of amides is 1. The maximum Gasteiger partial charge on any atom is 0.337 e. The number of ketones is 1. The third kappa shape index (κ3) is 3.38. The number of anilines is 1. The number of benzene rings is 1. The Kier molecular flexibility index (Phi) is 4.23. The molecule has 6 nitrogen and oxygen atoms in total. The van der Waals surface area contributed by atoms with Crippen molar-refractivity contribution >= 4 is 39.3 Å². The van der Waals surface area contributed by atoms with Crippen LogP contribution in [0, 0.1) is 0 Å². The Hall–Kier alpha value is -2.41. The van der Waals surface area contributed by atoms with Crippen molar-refractivity contribution in [1.29, 1.82) is 0 Å². The number of halogens is 1. The zero-order valence-electron chi connectivity index (χ0n) is 10.9. The number of hydrogen-bond acceptors (Lipinski definition) is 3. The Morgan fingerprint density at radius 1 is 1.24 bits per heavy atom. The molecule has 0 saturated carbocycles. The minimum Gasteiger partial charge on any atom is -0.478 e. The van der Waals surface area contributed by atoms with E-state index in [1.54, 1.807) is 6.07 Å². The molecule has 108 valence electrons. The average Bonchev–Trinajstić information content (AvgIpc) is 2.90. The normalized spacial score (nSPS) is 10.2. The molecule has 1 aromatic carbocycles. The first-order chi connectivity index (χ1) is 9.88. The van der Waals surface area contributed by atoms with Crippen LogP contribution in [0.15, 0.2) is 34.9 Å². The van der Waals surface area contributed by atoms with Crippen LogP contribution in [0.4, 0.5) is 5.69 Å². The van der Waals surface area contributed by atoms with Crippen LogP contribution in [0.5, 0.6) is 0 Å². The zero-order valence-corrected chi connectivity index (χ0v) is 12.5. The quantitative estimate of drug-likeness (QED) is 0.738. The van der Waals surface area contributed by atoms with Crippen LogP contribution in [-0.2, 0) is 0 Å². The van der Waals surface area contributed by atoms with E-state index in [0.717, 1.165) is 0 Å². The van der Waals surface area contributed by atoms with Crippen LogP contribution in [0.1, 0.15) is 38.1 Å². The second-order valence-corrected chi connectivity index (χ2v) is 5.22. The van der Waals surface area contributed by atoms with Crippen LogP contribution in [0.2, 0.25) is 0 Å². The number of aromatic carboxylic acids is 1. The molecule has 0 fully saturated rings. The van der Waals surface area contributed by atoms with Crippen LogP contribution in [0.3, 0.4) is 0 Å². The van der Waals surface area contributed by atoms with Crippen molar-refractivity contribution in [2.75, 3.05) is 5.32 Å². The summed E-state index contributed by atoms with van der Waals surface area (Å²) in [5.41, 5.74) is 0.708. The number of carboxylic acid groups (broad SMARTS) is 1. The number of hydrogen-bond donors (Lipinski definition) is 3.